The van der Waals surface area contributed by atoms with Crippen molar-refractivity contribution in [3.8, 4) is 11.1 Å². The number of H-pyrrole nitrogens is 1. The van der Waals surface area contributed by atoms with Crippen LogP contribution in [0.4, 0.5) is 4.79 Å². The minimum atomic E-state index is -0.949. The lowest BCUT2D eigenvalue weighted by atomic mass is 9.99. The fourth-order valence-corrected chi connectivity index (χ4v) is 2.92. The smallest absolute Gasteiger partial charge is 0.408 e. The highest BCUT2D eigenvalue weighted by Gasteiger charge is 2.26. The third-order valence-corrected chi connectivity index (χ3v) is 4.25. The summed E-state index contributed by atoms with van der Waals surface area (Å²) in [6.07, 6.45) is 0.703. The number of aromatic amines is 1. The molecular weight excluding hydrogens is 330 g/mol. The zero-order chi connectivity index (χ0) is 18.9. The quantitative estimate of drug-likeness (QED) is 0.750. The van der Waals surface area contributed by atoms with Gasteiger partial charge < -0.3 is 10.1 Å². The van der Waals surface area contributed by atoms with Gasteiger partial charge in [0.1, 0.15) is 5.65 Å². The van der Waals surface area contributed by atoms with Crippen molar-refractivity contribution in [1.82, 2.24) is 14.9 Å². The van der Waals surface area contributed by atoms with Gasteiger partial charge in [-0.25, -0.2) is 9.78 Å². The first-order valence-electron chi connectivity index (χ1n) is 8.33. The molecule has 0 aliphatic heterocycles. The third kappa shape index (κ3) is 3.59. The van der Waals surface area contributed by atoms with Gasteiger partial charge in [0.15, 0.2) is 0 Å². The van der Waals surface area contributed by atoms with Gasteiger partial charge in [-0.15, -0.1) is 0 Å². The van der Waals surface area contributed by atoms with Crippen LogP contribution < -0.4 is 5.56 Å². The highest BCUT2D eigenvalue weighted by atomic mass is 16.4. The Morgan fingerprint density at radius 3 is 2.65 bits per heavy atom. The molecule has 0 aliphatic carbocycles. The summed E-state index contributed by atoms with van der Waals surface area (Å²) in [5, 5.41) is 10.4. The summed E-state index contributed by atoms with van der Waals surface area (Å²) in [5.74, 6) is 0. The van der Waals surface area contributed by atoms with Gasteiger partial charge in [0, 0.05) is 29.7 Å². The summed E-state index contributed by atoms with van der Waals surface area (Å²) in [6.45, 7) is 5.92. The molecular formula is C20H21N3O3. The Morgan fingerprint density at radius 1 is 1.19 bits per heavy atom. The molecule has 0 bridgehead atoms. The van der Waals surface area contributed by atoms with Crippen LogP contribution in [0.3, 0.4) is 0 Å². The molecule has 2 aromatic heterocycles. The van der Waals surface area contributed by atoms with Crippen LogP contribution in [0.2, 0.25) is 0 Å². The maximum Gasteiger partial charge on any atom is 0.408 e. The van der Waals surface area contributed by atoms with E-state index in [1.54, 1.807) is 12.3 Å². The highest BCUT2D eigenvalue weighted by molar-refractivity contribution is 5.92. The van der Waals surface area contributed by atoms with Crippen LogP contribution in [0.25, 0.3) is 22.2 Å². The van der Waals surface area contributed by atoms with Crippen molar-refractivity contribution in [1.29, 1.82) is 0 Å². The van der Waals surface area contributed by atoms with E-state index in [0.29, 0.717) is 12.2 Å². The summed E-state index contributed by atoms with van der Waals surface area (Å²) in [5.41, 5.74) is 2.62. The molecule has 1 amide bonds. The van der Waals surface area contributed by atoms with Gasteiger partial charge in [0.25, 0.3) is 0 Å². The lowest BCUT2D eigenvalue weighted by Crippen LogP contribution is -2.44. The number of benzene rings is 1. The van der Waals surface area contributed by atoms with Crippen LogP contribution in [0, 0.1) is 0 Å². The second-order valence-electron chi connectivity index (χ2n) is 7.18. The zero-order valence-corrected chi connectivity index (χ0v) is 15.0. The number of rotatable bonds is 3. The standard InChI is InChI=1S/C20H21N3O3/c1-20(2,3)23(19(25)26)12-13-5-4-6-14(11-13)15-9-10-21-18-16(15)7-8-17(24)22-18/h4-11H,12H2,1-3H3,(H,25,26)(H,21,22,24). The van der Waals surface area contributed by atoms with Gasteiger partial charge >= 0.3 is 6.09 Å². The minimum absolute atomic E-state index is 0.196. The van der Waals surface area contributed by atoms with Gasteiger partial charge in [-0.2, -0.15) is 0 Å². The maximum absolute atomic E-state index is 11.6. The molecule has 0 saturated carbocycles. The van der Waals surface area contributed by atoms with Crippen LogP contribution >= 0.6 is 0 Å². The molecule has 0 spiro atoms. The Morgan fingerprint density at radius 2 is 1.96 bits per heavy atom. The van der Waals surface area contributed by atoms with Gasteiger partial charge in [-0.05, 0) is 55.7 Å². The third-order valence-electron chi connectivity index (χ3n) is 4.25. The van der Waals surface area contributed by atoms with E-state index >= 15 is 0 Å². The van der Waals surface area contributed by atoms with E-state index in [4.69, 9.17) is 0 Å². The van der Waals surface area contributed by atoms with Crippen molar-refractivity contribution in [3.63, 3.8) is 0 Å². The topological polar surface area (TPSA) is 86.3 Å². The van der Waals surface area contributed by atoms with Crippen molar-refractivity contribution < 1.29 is 9.90 Å². The Bertz CT molecular complexity index is 1020. The molecule has 0 aliphatic rings. The van der Waals surface area contributed by atoms with Crippen LogP contribution in [0.15, 0.2) is 53.5 Å². The van der Waals surface area contributed by atoms with Crippen molar-refractivity contribution in [2.75, 3.05) is 0 Å². The predicted molar refractivity (Wildman–Crippen MR) is 101 cm³/mol. The Labute approximate surface area is 151 Å². The van der Waals surface area contributed by atoms with E-state index in [-0.39, 0.29) is 5.56 Å². The molecule has 2 heterocycles. The molecule has 0 saturated heterocycles. The number of nitrogens with one attached hydrogen (secondary N) is 1. The fraction of sp³-hybridized carbons (Fsp3) is 0.250. The predicted octanol–water partition coefficient (Wildman–Crippen LogP) is 3.87. The van der Waals surface area contributed by atoms with E-state index in [1.165, 1.54) is 11.0 Å². The molecule has 2 N–H and O–H groups in total. The van der Waals surface area contributed by atoms with Gasteiger partial charge in [-0.3, -0.25) is 9.69 Å². The number of hydrogen-bond acceptors (Lipinski definition) is 3. The van der Waals surface area contributed by atoms with E-state index < -0.39 is 11.6 Å². The molecule has 3 rings (SSSR count). The average Bonchev–Trinajstić information content (AvgIpc) is 2.58. The Balaban J connectivity index is 2.03. The Hall–Kier alpha value is -3.15. The summed E-state index contributed by atoms with van der Waals surface area (Å²) in [7, 11) is 0. The first-order valence-corrected chi connectivity index (χ1v) is 8.33. The summed E-state index contributed by atoms with van der Waals surface area (Å²) < 4.78 is 0. The fourth-order valence-electron chi connectivity index (χ4n) is 2.92. The highest BCUT2D eigenvalue weighted by Crippen LogP contribution is 2.27. The molecule has 0 atom stereocenters. The number of pyridine rings is 2. The molecule has 0 unspecified atom stereocenters. The Kier molecular flexibility index (Phi) is 4.50. The van der Waals surface area contributed by atoms with Crippen molar-refractivity contribution in [3.05, 3.63) is 64.6 Å². The molecule has 26 heavy (non-hydrogen) atoms. The number of aromatic nitrogens is 2. The molecule has 0 fully saturated rings. The van der Waals surface area contributed by atoms with Crippen LogP contribution in [-0.4, -0.2) is 31.6 Å². The van der Waals surface area contributed by atoms with Crippen LogP contribution in [0.5, 0.6) is 0 Å². The zero-order valence-electron chi connectivity index (χ0n) is 15.0. The molecule has 0 radical (unpaired) electrons. The molecule has 1 aromatic carbocycles. The number of fused-ring (bicyclic) bond motifs is 1. The first-order chi connectivity index (χ1) is 12.3. The van der Waals surface area contributed by atoms with Gasteiger partial charge in [0.05, 0.1) is 0 Å². The molecule has 6 heteroatoms. The minimum Gasteiger partial charge on any atom is -0.465 e. The van der Waals surface area contributed by atoms with E-state index in [2.05, 4.69) is 9.97 Å². The van der Waals surface area contributed by atoms with Crippen molar-refractivity contribution in [2.45, 2.75) is 32.9 Å². The molecule has 134 valence electrons. The van der Waals surface area contributed by atoms with Gasteiger partial charge in [-0.1, -0.05) is 18.2 Å². The normalized spacial score (nSPS) is 11.5. The van der Waals surface area contributed by atoms with E-state index in [0.717, 1.165) is 22.1 Å². The number of amides is 1. The maximum atomic E-state index is 11.6. The number of nitrogens with zero attached hydrogens (tertiary/aromatic N) is 2. The average molecular weight is 351 g/mol. The van der Waals surface area contributed by atoms with E-state index in [1.807, 2.05) is 51.1 Å². The summed E-state index contributed by atoms with van der Waals surface area (Å²) >= 11 is 0. The first kappa shape index (κ1) is 17.7. The monoisotopic (exact) mass is 351 g/mol. The lowest BCUT2D eigenvalue weighted by Gasteiger charge is -2.33. The summed E-state index contributed by atoms with van der Waals surface area (Å²) in [6, 6.07) is 12.9. The van der Waals surface area contributed by atoms with E-state index in [9.17, 15) is 14.7 Å². The number of hydrogen-bond donors (Lipinski definition) is 2. The van der Waals surface area contributed by atoms with Crippen LogP contribution in [0.1, 0.15) is 26.3 Å². The number of carbonyl (C=O) groups is 1. The van der Waals surface area contributed by atoms with Crippen molar-refractivity contribution in [2.24, 2.45) is 0 Å². The van der Waals surface area contributed by atoms with Gasteiger partial charge in [0.2, 0.25) is 5.56 Å². The molecule has 3 aromatic rings. The van der Waals surface area contributed by atoms with Crippen molar-refractivity contribution >= 4 is 17.1 Å². The largest absolute Gasteiger partial charge is 0.465 e. The summed E-state index contributed by atoms with van der Waals surface area (Å²) in [4.78, 5) is 31.5. The lowest BCUT2D eigenvalue weighted by molar-refractivity contribution is 0.0956. The SMILES string of the molecule is CC(C)(C)N(Cc1cccc(-c2ccnc3[nH]c(=O)ccc23)c1)C(=O)O. The number of carboxylic acid groups (broad SMARTS) is 1. The second kappa shape index (κ2) is 6.63. The second-order valence-corrected chi connectivity index (χ2v) is 7.18. The molecule has 6 nitrogen and oxygen atoms in total. The van der Waals surface area contributed by atoms with Crippen LogP contribution in [-0.2, 0) is 6.54 Å².